The van der Waals surface area contributed by atoms with Gasteiger partial charge in [0.25, 0.3) is 0 Å². The zero-order chi connectivity index (χ0) is 16.1. The molecule has 5 heteroatoms. The van der Waals surface area contributed by atoms with Crippen molar-refractivity contribution in [3.05, 3.63) is 53.6 Å². The molecule has 0 bridgehead atoms. The van der Waals surface area contributed by atoms with Crippen LogP contribution < -0.4 is 9.47 Å². The molecule has 0 fully saturated rings. The molecule has 116 valence electrons. The lowest BCUT2D eigenvalue weighted by Gasteiger charge is -2.14. The third kappa shape index (κ3) is 3.49. The van der Waals surface area contributed by atoms with E-state index in [9.17, 15) is 15.0 Å². The molecular weight excluding hydrogens is 284 g/mol. The van der Waals surface area contributed by atoms with Crippen molar-refractivity contribution >= 4 is 5.97 Å². The molecule has 0 spiro atoms. The third-order valence-electron chi connectivity index (χ3n) is 3.50. The van der Waals surface area contributed by atoms with Crippen molar-refractivity contribution in [3.63, 3.8) is 0 Å². The first-order chi connectivity index (χ1) is 10.5. The lowest BCUT2D eigenvalue weighted by molar-refractivity contribution is -0.138. The first-order valence-corrected chi connectivity index (χ1v) is 6.77. The molecule has 2 N–H and O–H groups in total. The van der Waals surface area contributed by atoms with E-state index < -0.39 is 11.9 Å². The third-order valence-corrected chi connectivity index (χ3v) is 3.50. The summed E-state index contributed by atoms with van der Waals surface area (Å²) in [6.07, 6.45) is 0.277. The van der Waals surface area contributed by atoms with E-state index in [0.29, 0.717) is 17.1 Å². The van der Waals surface area contributed by atoms with Crippen molar-refractivity contribution in [1.29, 1.82) is 0 Å². The molecule has 0 aliphatic heterocycles. The fourth-order valence-electron chi connectivity index (χ4n) is 2.28. The first kappa shape index (κ1) is 15.7. The van der Waals surface area contributed by atoms with Gasteiger partial charge in [0, 0.05) is 0 Å². The van der Waals surface area contributed by atoms with Crippen LogP contribution in [0.4, 0.5) is 0 Å². The summed E-state index contributed by atoms with van der Waals surface area (Å²) in [6.45, 7) is 0. The number of rotatable bonds is 6. The lowest BCUT2D eigenvalue weighted by atomic mass is 9.92. The highest BCUT2D eigenvalue weighted by Crippen LogP contribution is 2.29. The van der Waals surface area contributed by atoms with E-state index in [1.165, 1.54) is 13.2 Å². The summed E-state index contributed by atoms with van der Waals surface area (Å²) in [5.41, 5.74) is 1.41. The average Bonchev–Trinajstić information content (AvgIpc) is 2.52. The summed E-state index contributed by atoms with van der Waals surface area (Å²) in [7, 11) is 3.02. The van der Waals surface area contributed by atoms with Gasteiger partial charge >= 0.3 is 5.97 Å². The maximum absolute atomic E-state index is 11.5. The molecule has 22 heavy (non-hydrogen) atoms. The van der Waals surface area contributed by atoms with Gasteiger partial charge in [-0.1, -0.05) is 18.2 Å². The predicted octanol–water partition coefficient (Wildman–Crippen LogP) is 2.82. The minimum Gasteiger partial charge on any atom is -0.504 e. The summed E-state index contributed by atoms with van der Waals surface area (Å²) in [5, 5.41) is 19.3. The molecule has 0 heterocycles. The van der Waals surface area contributed by atoms with E-state index in [-0.39, 0.29) is 12.2 Å². The number of carboxylic acid groups (broad SMARTS) is 1. The minimum atomic E-state index is -0.916. The number of aliphatic carboxylic acids is 1. The number of benzene rings is 2. The Bertz CT molecular complexity index is 649. The van der Waals surface area contributed by atoms with Crippen molar-refractivity contribution in [2.45, 2.75) is 12.3 Å². The molecule has 0 saturated carbocycles. The van der Waals surface area contributed by atoms with Crippen LogP contribution in [0.5, 0.6) is 17.2 Å². The van der Waals surface area contributed by atoms with E-state index in [2.05, 4.69) is 0 Å². The number of phenolic OH excluding ortho intramolecular Hbond substituents is 1. The Morgan fingerprint density at radius 2 is 1.77 bits per heavy atom. The molecule has 0 aromatic heterocycles. The molecule has 0 aliphatic carbocycles. The fraction of sp³-hybridized carbons (Fsp3) is 0.235. The molecular formula is C17H18O5. The Kier molecular flexibility index (Phi) is 4.88. The molecule has 1 unspecified atom stereocenters. The Morgan fingerprint density at radius 3 is 2.27 bits per heavy atom. The summed E-state index contributed by atoms with van der Waals surface area (Å²) in [6, 6.07) is 11.8. The number of phenols is 1. The first-order valence-electron chi connectivity index (χ1n) is 6.77. The number of ether oxygens (including phenoxy) is 2. The van der Waals surface area contributed by atoms with Gasteiger partial charge in [0.05, 0.1) is 20.1 Å². The maximum atomic E-state index is 11.5. The molecule has 0 aliphatic rings. The monoisotopic (exact) mass is 302 g/mol. The van der Waals surface area contributed by atoms with Gasteiger partial charge < -0.3 is 19.7 Å². The Hall–Kier alpha value is -2.69. The van der Waals surface area contributed by atoms with Crippen molar-refractivity contribution in [3.8, 4) is 17.2 Å². The molecule has 2 rings (SSSR count). The zero-order valence-electron chi connectivity index (χ0n) is 12.4. The Morgan fingerprint density at radius 1 is 1.09 bits per heavy atom. The van der Waals surface area contributed by atoms with Crippen LogP contribution in [0.1, 0.15) is 17.0 Å². The average molecular weight is 302 g/mol. The molecule has 2 aromatic carbocycles. The molecule has 0 saturated heterocycles. The smallest absolute Gasteiger partial charge is 0.311 e. The van der Waals surface area contributed by atoms with Gasteiger partial charge in [-0.3, -0.25) is 4.79 Å². The van der Waals surface area contributed by atoms with Crippen molar-refractivity contribution < 1.29 is 24.5 Å². The predicted molar refractivity (Wildman–Crippen MR) is 81.7 cm³/mol. The highest BCUT2D eigenvalue weighted by molar-refractivity contribution is 5.76. The Labute approximate surface area is 128 Å². The largest absolute Gasteiger partial charge is 0.504 e. The molecule has 2 aromatic rings. The second-order valence-corrected chi connectivity index (χ2v) is 4.87. The van der Waals surface area contributed by atoms with E-state index in [1.807, 2.05) is 0 Å². The quantitative estimate of drug-likeness (QED) is 0.858. The van der Waals surface area contributed by atoms with Crippen LogP contribution in [-0.2, 0) is 11.2 Å². The SMILES string of the molecule is COc1ccc(C(Cc2ccc(OC)c(O)c2)C(=O)O)cc1. The number of hydrogen-bond donors (Lipinski definition) is 2. The van der Waals surface area contributed by atoms with Crippen LogP contribution in [0.25, 0.3) is 0 Å². The van der Waals surface area contributed by atoms with E-state index >= 15 is 0 Å². The van der Waals surface area contributed by atoms with Crippen molar-refractivity contribution in [2.75, 3.05) is 14.2 Å². The number of carboxylic acids is 1. The maximum Gasteiger partial charge on any atom is 0.311 e. The second-order valence-electron chi connectivity index (χ2n) is 4.87. The van der Waals surface area contributed by atoms with Crippen molar-refractivity contribution in [1.82, 2.24) is 0 Å². The number of methoxy groups -OCH3 is 2. The minimum absolute atomic E-state index is 0.00105. The molecule has 0 radical (unpaired) electrons. The molecule has 0 amide bonds. The van der Waals surface area contributed by atoms with Gasteiger partial charge in [-0.15, -0.1) is 0 Å². The van der Waals surface area contributed by atoms with Crippen LogP contribution in [0.15, 0.2) is 42.5 Å². The number of aromatic hydroxyl groups is 1. The zero-order valence-corrected chi connectivity index (χ0v) is 12.4. The summed E-state index contributed by atoms with van der Waals surface area (Å²) < 4.78 is 10.1. The van der Waals surface area contributed by atoms with E-state index in [4.69, 9.17) is 9.47 Å². The standard InChI is InChI=1S/C17H18O5/c1-21-13-6-4-12(5-7-13)14(17(19)20)9-11-3-8-16(22-2)15(18)10-11/h3-8,10,14,18H,9H2,1-2H3,(H,19,20). The second kappa shape index (κ2) is 6.85. The van der Waals surface area contributed by atoms with Gasteiger partial charge in [-0.25, -0.2) is 0 Å². The van der Waals surface area contributed by atoms with E-state index in [0.717, 1.165) is 5.56 Å². The van der Waals surface area contributed by atoms with E-state index in [1.54, 1.807) is 43.5 Å². The van der Waals surface area contributed by atoms with Crippen LogP contribution in [0.2, 0.25) is 0 Å². The van der Waals surface area contributed by atoms with Crippen LogP contribution >= 0.6 is 0 Å². The van der Waals surface area contributed by atoms with Gasteiger partial charge in [0.2, 0.25) is 0 Å². The number of carbonyl (C=O) groups is 1. The van der Waals surface area contributed by atoms with Gasteiger partial charge in [0.1, 0.15) is 5.75 Å². The van der Waals surface area contributed by atoms with Crippen LogP contribution in [0, 0.1) is 0 Å². The molecule has 1 atom stereocenters. The Balaban J connectivity index is 2.25. The van der Waals surface area contributed by atoms with Gasteiger partial charge in [-0.2, -0.15) is 0 Å². The normalized spacial score (nSPS) is 11.7. The van der Waals surface area contributed by atoms with Crippen molar-refractivity contribution in [2.24, 2.45) is 0 Å². The molecule has 5 nitrogen and oxygen atoms in total. The summed E-state index contributed by atoms with van der Waals surface area (Å²) in [5.74, 6) is -0.576. The highest BCUT2D eigenvalue weighted by atomic mass is 16.5. The topological polar surface area (TPSA) is 76.0 Å². The highest BCUT2D eigenvalue weighted by Gasteiger charge is 2.21. The fourth-order valence-corrected chi connectivity index (χ4v) is 2.28. The van der Waals surface area contributed by atoms with Gasteiger partial charge in [-0.05, 0) is 41.8 Å². The number of hydrogen-bond acceptors (Lipinski definition) is 4. The van der Waals surface area contributed by atoms with Crippen LogP contribution in [0.3, 0.4) is 0 Å². The summed E-state index contributed by atoms with van der Waals surface area (Å²) >= 11 is 0. The van der Waals surface area contributed by atoms with Gasteiger partial charge in [0.15, 0.2) is 11.5 Å². The summed E-state index contributed by atoms with van der Waals surface area (Å²) in [4.78, 5) is 11.5. The van der Waals surface area contributed by atoms with Crippen LogP contribution in [-0.4, -0.2) is 30.4 Å². The lowest BCUT2D eigenvalue weighted by Crippen LogP contribution is -2.14.